The summed E-state index contributed by atoms with van der Waals surface area (Å²) in [6.07, 6.45) is -4.45. The Hall–Kier alpha value is -3.09. The molecule has 0 aliphatic rings. The lowest BCUT2D eigenvalue weighted by atomic mass is 10.1. The fraction of sp³-hybridized carbons (Fsp3) is 0.158. The monoisotopic (exact) mass is 360 g/mol. The van der Waals surface area contributed by atoms with Crippen molar-refractivity contribution >= 4 is 22.5 Å². The maximum atomic E-state index is 12.7. The molecule has 0 aliphatic heterocycles. The van der Waals surface area contributed by atoms with Crippen molar-refractivity contribution in [1.29, 1.82) is 0 Å². The molecule has 0 unspecified atom stereocenters. The number of fused-ring (bicyclic) bond motifs is 1. The number of pyridine rings is 1. The lowest BCUT2D eigenvalue weighted by Crippen LogP contribution is -2.31. The van der Waals surface area contributed by atoms with Gasteiger partial charge in [0, 0.05) is 18.3 Å². The molecule has 3 rings (SSSR count). The normalized spacial score (nSPS) is 11.6. The number of hydrogen-bond acceptors (Lipinski definition) is 2. The highest BCUT2D eigenvalue weighted by molar-refractivity contribution is 6.07. The summed E-state index contributed by atoms with van der Waals surface area (Å²) in [5.74, 6) is -0.602. The van der Waals surface area contributed by atoms with E-state index < -0.39 is 23.2 Å². The SMILES string of the molecule is Cc1ccc2[nH]c(=O)c(C(=O)N(C)c3ccc(C(F)(F)F)cc3)cc2c1. The number of rotatable bonds is 2. The third kappa shape index (κ3) is 3.33. The number of carbonyl (C=O) groups excluding carboxylic acids is 1. The minimum atomic E-state index is -4.45. The van der Waals surface area contributed by atoms with E-state index in [9.17, 15) is 22.8 Å². The number of benzene rings is 2. The summed E-state index contributed by atoms with van der Waals surface area (Å²) < 4.78 is 38.0. The van der Waals surface area contributed by atoms with E-state index in [0.29, 0.717) is 10.9 Å². The average molecular weight is 360 g/mol. The summed E-state index contributed by atoms with van der Waals surface area (Å²) in [7, 11) is 1.41. The number of nitrogens with zero attached hydrogens (tertiary/aromatic N) is 1. The zero-order chi connectivity index (χ0) is 19.1. The van der Waals surface area contributed by atoms with E-state index in [1.165, 1.54) is 25.2 Å². The Balaban J connectivity index is 1.97. The van der Waals surface area contributed by atoms with Gasteiger partial charge in [0.2, 0.25) is 0 Å². The number of hydrogen-bond donors (Lipinski definition) is 1. The molecule has 0 fully saturated rings. The van der Waals surface area contributed by atoms with Gasteiger partial charge >= 0.3 is 6.18 Å². The van der Waals surface area contributed by atoms with Crippen LogP contribution in [-0.4, -0.2) is 17.9 Å². The summed E-state index contributed by atoms with van der Waals surface area (Å²) >= 11 is 0. The molecule has 0 radical (unpaired) electrons. The number of carbonyl (C=O) groups is 1. The first-order chi connectivity index (χ1) is 12.2. The molecule has 0 spiro atoms. The molecule has 1 heterocycles. The standard InChI is InChI=1S/C19H15F3N2O2/c1-11-3-8-16-12(9-11)10-15(17(25)23-16)18(26)24(2)14-6-4-13(5-7-14)19(20,21)22/h3-10H,1-2H3,(H,23,25). The quantitative estimate of drug-likeness (QED) is 0.747. The van der Waals surface area contributed by atoms with E-state index in [1.54, 1.807) is 6.07 Å². The van der Waals surface area contributed by atoms with Gasteiger partial charge in [0.1, 0.15) is 5.56 Å². The summed E-state index contributed by atoms with van der Waals surface area (Å²) in [5, 5.41) is 0.703. The lowest BCUT2D eigenvalue weighted by molar-refractivity contribution is -0.137. The number of H-pyrrole nitrogens is 1. The fourth-order valence-corrected chi connectivity index (χ4v) is 2.66. The van der Waals surface area contributed by atoms with Crippen molar-refractivity contribution in [3.63, 3.8) is 0 Å². The minimum Gasteiger partial charge on any atom is -0.321 e. The van der Waals surface area contributed by atoms with Crippen LogP contribution in [0.2, 0.25) is 0 Å². The fourth-order valence-electron chi connectivity index (χ4n) is 2.66. The highest BCUT2D eigenvalue weighted by atomic mass is 19.4. The third-order valence-corrected chi connectivity index (χ3v) is 4.12. The molecule has 1 amide bonds. The molecule has 0 saturated heterocycles. The Kier molecular flexibility index (Phi) is 4.31. The van der Waals surface area contributed by atoms with Crippen molar-refractivity contribution in [2.75, 3.05) is 11.9 Å². The Morgan fingerprint density at radius 1 is 1.04 bits per heavy atom. The molecular formula is C19H15F3N2O2. The highest BCUT2D eigenvalue weighted by Crippen LogP contribution is 2.30. The number of aromatic nitrogens is 1. The number of amides is 1. The summed E-state index contributed by atoms with van der Waals surface area (Å²) in [5.41, 5.74) is 0.400. The van der Waals surface area contributed by atoms with Crippen LogP contribution < -0.4 is 10.5 Å². The van der Waals surface area contributed by atoms with Crippen molar-refractivity contribution < 1.29 is 18.0 Å². The molecule has 0 bridgehead atoms. The van der Waals surface area contributed by atoms with Gasteiger partial charge in [-0.05, 0) is 54.8 Å². The average Bonchev–Trinajstić information content (AvgIpc) is 2.59. The number of nitrogens with one attached hydrogen (secondary N) is 1. The second-order valence-corrected chi connectivity index (χ2v) is 6.01. The minimum absolute atomic E-state index is 0.0782. The van der Waals surface area contributed by atoms with Crippen LogP contribution >= 0.6 is 0 Å². The first kappa shape index (κ1) is 17.7. The van der Waals surface area contributed by atoms with Crippen LogP contribution in [0.15, 0.2) is 53.3 Å². The molecule has 0 atom stereocenters. The van der Waals surface area contributed by atoms with Gasteiger partial charge in [-0.15, -0.1) is 0 Å². The number of anilines is 1. The Bertz CT molecular complexity index is 1040. The lowest BCUT2D eigenvalue weighted by Gasteiger charge is -2.18. The molecule has 2 aromatic carbocycles. The van der Waals surface area contributed by atoms with Crippen LogP contribution in [0, 0.1) is 6.92 Å². The number of aromatic amines is 1. The Morgan fingerprint density at radius 2 is 1.69 bits per heavy atom. The van der Waals surface area contributed by atoms with Gasteiger partial charge in [-0.2, -0.15) is 13.2 Å². The van der Waals surface area contributed by atoms with Crippen molar-refractivity contribution in [3.05, 3.63) is 75.6 Å². The van der Waals surface area contributed by atoms with Crippen LogP contribution in [0.5, 0.6) is 0 Å². The van der Waals surface area contributed by atoms with Crippen molar-refractivity contribution in [1.82, 2.24) is 4.98 Å². The first-order valence-corrected chi connectivity index (χ1v) is 7.76. The predicted molar refractivity (Wildman–Crippen MR) is 93.5 cm³/mol. The summed E-state index contributed by atoms with van der Waals surface area (Å²) in [6, 6.07) is 11.1. The van der Waals surface area contributed by atoms with Crippen LogP contribution in [-0.2, 0) is 6.18 Å². The summed E-state index contributed by atoms with van der Waals surface area (Å²) in [6.45, 7) is 1.89. The molecule has 0 aliphatic carbocycles. The molecule has 1 aromatic heterocycles. The van der Waals surface area contributed by atoms with Gasteiger partial charge in [0.15, 0.2) is 0 Å². The van der Waals surface area contributed by atoms with Crippen LogP contribution in [0.4, 0.5) is 18.9 Å². The number of halogens is 3. The predicted octanol–water partition coefficient (Wildman–Crippen LogP) is 4.13. The van der Waals surface area contributed by atoms with E-state index in [-0.39, 0.29) is 11.3 Å². The third-order valence-electron chi connectivity index (χ3n) is 4.12. The van der Waals surface area contributed by atoms with E-state index in [2.05, 4.69) is 4.98 Å². The van der Waals surface area contributed by atoms with Gasteiger partial charge in [-0.1, -0.05) is 11.6 Å². The van der Waals surface area contributed by atoms with E-state index in [0.717, 1.165) is 22.6 Å². The first-order valence-electron chi connectivity index (χ1n) is 7.76. The van der Waals surface area contributed by atoms with Crippen LogP contribution in [0.1, 0.15) is 21.5 Å². The zero-order valence-electron chi connectivity index (χ0n) is 14.0. The van der Waals surface area contributed by atoms with Gasteiger partial charge in [-0.3, -0.25) is 9.59 Å². The molecule has 1 N–H and O–H groups in total. The second-order valence-electron chi connectivity index (χ2n) is 6.01. The highest BCUT2D eigenvalue weighted by Gasteiger charge is 2.30. The smallest absolute Gasteiger partial charge is 0.321 e. The molecule has 7 heteroatoms. The van der Waals surface area contributed by atoms with Crippen molar-refractivity contribution in [3.8, 4) is 0 Å². The Morgan fingerprint density at radius 3 is 2.31 bits per heavy atom. The maximum absolute atomic E-state index is 12.7. The van der Waals surface area contributed by atoms with Gasteiger partial charge in [-0.25, -0.2) is 0 Å². The van der Waals surface area contributed by atoms with Gasteiger partial charge in [0.05, 0.1) is 5.56 Å². The number of alkyl halides is 3. The number of aryl methyl sites for hydroxylation is 1. The summed E-state index contributed by atoms with van der Waals surface area (Å²) in [4.78, 5) is 28.7. The molecule has 3 aromatic rings. The molecule has 26 heavy (non-hydrogen) atoms. The van der Waals surface area contributed by atoms with Crippen molar-refractivity contribution in [2.24, 2.45) is 0 Å². The van der Waals surface area contributed by atoms with Gasteiger partial charge in [0.25, 0.3) is 11.5 Å². The van der Waals surface area contributed by atoms with Crippen LogP contribution in [0.25, 0.3) is 10.9 Å². The maximum Gasteiger partial charge on any atom is 0.416 e. The topological polar surface area (TPSA) is 53.2 Å². The molecule has 134 valence electrons. The van der Waals surface area contributed by atoms with Gasteiger partial charge < -0.3 is 9.88 Å². The van der Waals surface area contributed by atoms with E-state index in [4.69, 9.17) is 0 Å². The largest absolute Gasteiger partial charge is 0.416 e. The van der Waals surface area contributed by atoms with Crippen molar-refractivity contribution in [2.45, 2.75) is 13.1 Å². The van der Waals surface area contributed by atoms with E-state index >= 15 is 0 Å². The van der Waals surface area contributed by atoms with Crippen LogP contribution in [0.3, 0.4) is 0 Å². The molecule has 0 saturated carbocycles. The molecular weight excluding hydrogens is 345 g/mol. The van der Waals surface area contributed by atoms with E-state index in [1.807, 2.05) is 19.1 Å². The molecule has 4 nitrogen and oxygen atoms in total. The second kappa shape index (κ2) is 6.33. The zero-order valence-corrected chi connectivity index (χ0v) is 14.0. The Labute approximate surface area is 146 Å².